The van der Waals surface area contributed by atoms with Gasteiger partial charge in [-0.15, -0.1) is 0 Å². The maximum Gasteiger partial charge on any atom is 0.126 e. The summed E-state index contributed by atoms with van der Waals surface area (Å²) in [5.74, 6) is 2.29. The first-order valence-electron chi connectivity index (χ1n) is 28.8. The molecule has 6 aromatic heterocycles. The molecule has 0 amide bonds. The van der Waals surface area contributed by atoms with E-state index in [1.807, 2.05) is 94.0 Å². The molecule has 0 atom stereocenters. The van der Waals surface area contributed by atoms with Crippen LogP contribution in [-0.2, 0) is 0 Å². The largest absolute Gasteiger partial charge is 0.264 e. The monoisotopic (exact) mass is 1120 g/mol. The molecule has 14 rings (SSSR count). The second-order valence-electron chi connectivity index (χ2n) is 20.8. The Kier molecular flexibility index (Phi) is 17.2. The first-order chi connectivity index (χ1) is 42.8. The highest BCUT2D eigenvalue weighted by Crippen LogP contribution is 2.32. The van der Waals surface area contributed by atoms with E-state index in [1.165, 1.54) is 22.3 Å². The maximum absolute atomic E-state index is 4.71. The number of nitrogens with zero attached hydrogens (tertiary/aromatic N) is 9. The summed E-state index contributed by atoms with van der Waals surface area (Å²) < 4.78 is 0. The lowest BCUT2D eigenvalue weighted by Gasteiger charge is -2.09. The Labute approximate surface area is 507 Å². The smallest absolute Gasteiger partial charge is 0.126 e. The summed E-state index contributed by atoms with van der Waals surface area (Å²) in [4.78, 5) is 40.5. The van der Waals surface area contributed by atoms with Crippen molar-refractivity contribution in [1.82, 2.24) is 44.9 Å². The van der Waals surface area contributed by atoms with Crippen LogP contribution in [0, 0.1) is 20.8 Å². The van der Waals surface area contributed by atoms with Gasteiger partial charge in [0.05, 0.1) is 34.2 Å². The quantitative estimate of drug-likeness (QED) is 0.125. The molecule has 0 N–H and O–H groups in total. The number of hydrogen-bond acceptors (Lipinski definition) is 9. The molecule has 87 heavy (non-hydrogen) atoms. The van der Waals surface area contributed by atoms with Crippen LogP contribution < -0.4 is 0 Å². The van der Waals surface area contributed by atoms with Gasteiger partial charge in [-0.05, 0) is 119 Å². The summed E-state index contributed by atoms with van der Waals surface area (Å²) in [5.41, 5.74) is 23.6. The Morgan fingerprint density at radius 1 is 0.172 bits per heavy atom. The molecule has 0 aliphatic rings. The molecule has 0 saturated heterocycles. The Morgan fingerprint density at radius 2 is 0.391 bits per heavy atom. The van der Waals surface area contributed by atoms with Gasteiger partial charge in [0.2, 0.25) is 0 Å². The molecule has 0 saturated carbocycles. The number of pyridine rings is 3. The van der Waals surface area contributed by atoms with Gasteiger partial charge < -0.3 is 0 Å². The summed E-state index contributed by atoms with van der Waals surface area (Å²) in [6.07, 6.45) is 11.0. The van der Waals surface area contributed by atoms with Crippen LogP contribution in [0.15, 0.2) is 304 Å². The lowest BCUT2D eigenvalue weighted by atomic mass is 10.0. The average molecular weight is 1120 g/mol. The topological polar surface area (TPSA) is 116 Å². The van der Waals surface area contributed by atoms with Gasteiger partial charge in [-0.2, -0.15) is 0 Å². The number of benzene rings is 8. The molecule has 0 radical (unpaired) electrons. The van der Waals surface area contributed by atoms with Crippen LogP contribution >= 0.6 is 0 Å². The molecule has 0 unspecified atom stereocenters. The molecule has 6 heterocycles. The summed E-state index contributed by atoms with van der Waals surface area (Å²) in [6, 6.07) is 91.5. The molecular weight excluding hydrogens is 1060 g/mol. The first kappa shape index (κ1) is 56.0. The fourth-order valence-corrected chi connectivity index (χ4v) is 10.3. The predicted octanol–water partition coefficient (Wildman–Crippen LogP) is 18.9. The lowest BCUT2D eigenvalue weighted by molar-refractivity contribution is 1.06. The molecular formula is C78H59N9. The Morgan fingerprint density at radius 3 is 0.701 bits per heavy atom. The third-order valence-electron chi connectivity index (χ3n) is 14.7. The second-order valence-corrected chi connectivity index (χ2v) is 20.8. The van der Waals surface area contributed by atoms with Crippen LogP contribution in [0.2, 0.25) is 0 Å². The van der Waals surface area contributed by atoms with Crippen LogP contribution in [0.3, 0.4) is 0 Å². The minimum absolute atomic E-state index is 0.758. The molecule has 0 bridgehead atoms. The van der Waals surface area contributed by atoms with Crippen molar-refractivity contribution in [2.24, 2.45) is 0 Å². The molecule has 9 nitrogen and oxygen atoms in total. The third-order valence-corrected chi connectivity index (χ3v) is 14.7. The van der Waals surface area contributed by atoms with Crippen molar-refractivity contribution in [3.63, 3.8) is 0 Å². The lowest BCUT2D eigenvalue weighted by Crippen LogP contribution is -1.95. The number of aryl methyl sites for hydroxylation is 3. The van der Waals surface area contributed by atoms with Gasteiger partial charge in [-0.1, -0.05) is 224 Å². The molecule has 416 valence electrons. The summed E-state index contributed by atoms with van der Waals surface area (Å²) in [7, 11) is 0. The van der Waals surface area contributed by atoms with Crippen molar-refractivity contribution >= 4 is 0 Å². The van der Waals surface area contributed by atoms with E-state index < -0.39 is 0 Å². The van der Waals surface area contributed by atoms with Gasteiger partial charge >= 0.3 is 0 Å². The van der Waals surface area contributed by atoms with Crippen molar-refractivity contribution in [3.05, 3.63) is 322 Å². The summed E-state index contributed by atoms with van der Waals surface area (Å²) in [6.45, 7) is 5.81. The maximum atomic E-state index is 4.71. The second kappa shape index (κ2) is 26.8. The Balaban J connectivity index is 0.000000128. The number of aromatic nitrogens is 9. The van der Waals surface area contributed by atoms with E-state index in [0.717, 1.165) is 118 Å². The van der Waals surface area contributed by atoms with E-state index in [0.29, 0.717) is 0 Å². The van der Waals surface area contributed by atoms with Crippen LogP contribution in [0.1, 0.15) is 17.5 Å². The molecule has 0 aliphatic carbocycles. The molecule has 0 fully saturated rings. The number of rotatable bonds is 11. The third kappa shape index (κ3) is 14.1. The van der Waals surface area contributed by atoms with E-state index in [-0.39, 0.29) is 0 Å². The Hall–Kier alpha value is -11.6. The van der Waals surface area contributed by atoms with Crippen LogP contribution in [0.5, 0.6) is 0 Å². The highest BCUT2D eigenvalue weighted by atomic mass is 14.9. The highest BCUT2D eigenvalue weighted by molar-refractivity contribution is 5.77. The van der Waals surface area contributed by atoms with Gasteiger partial charge in [0.25, 0.3) is 0 Å². The predicted molar refractivity (Wildman–Crippen MR) is 353 cm³/mol. The van der Waals surface area contributed by atoms with E-state index in [9.17, 15) is 0 Å². The average Bonchev–Trinajstić information content (AvgIpc) is 3.32. The summed E-state index contributed by atoms with van der Waals surface area (Å²) >= 11 is 0. The molecule has 0 spiro atoms. The minimum atomic E-state index is 0.758. The zero-order valence-electron chi connectivity index (χ0n) is 48.4. The van der Waals surface area contributed by atoms with Crippen molar-refractivity contribution < 1.29 is 0 Å². The van der Waals surface area contributed by atoms with Crippen LogP contribution in [-0.4, -0.2) is 44.9 Å². The van der Waals surface area contributed by atoms with Crippen molar-refractivity contribution in [2.45, 2.75) is 20.8 Å². The van der Waals surface area contributed by atoms with Crippen molar-refractivity contribution in [1.29, 1.82) is 0 Å². The van der Waals surface area contributed by atoms with E-state index >= 15 is 0 Å². The van der Waals surface area contributed by atoms with Crippen molar-refractivity contribution in [3.8, 4) is 123 Å². The molecule has 9 heteroatoms. The SMILES string of the molecule is Cc1nc(-c2ccc(-c3ccccc3)cc2)cc(-c2ccc(-c3cccnc3)cc2)n1.Cc1nc(-c2ccc(-c3cccnc3)cc2)cc(-c2cccc(-c3ccccc3)c2)n1.Cc1nc(-c2ccccc2)cc(-c2ccc(-c3cccnc3)cc2)n1. The standard InChI is InChI=1S/2C28H21N3.C22H17N3/c1-20-30-27(23-14-12-22(13-15-23)26-11-6-16-29-19-26)18-28(31-20)25-10-5-9-24(17-25)21-7-3-2-4-8-21;1-20-30-27(24-13-9-22(10-14-24)21-6-3-2-4-7-21)18-28(31-20)25-15-11-23(12-16-25)26-8-5-17-29-19-26;1-16-24-21(18-6-3-2-4-7-18)14-22(25-16)19-11-9-17(10-12-19)20-8-5-13-23-15-20/h2*2-19H,1H3;2-15H,1H3. The summed E-state index contributed by atoms with van der Waals surface area (Å²) in [5, 5.41) is 0. The molecule has 0 aliphatic heterocycles. The van der Waals surface area contributed by atoms with Gasteiger partial charge in [0.1, 0.15) is 17.5 Å². The van der Waals surface area contributed by atoms with Gasteiger partial charge in [0, 0.05) is 70.6 Å². The van der Waals surface area contributed by atoms with Crippen LogP contribution in [0.25, 0.3) is 123 Å². The zero-order valence-corrected chi connectivity index (χ0v) is 48.4. The van der Waals surface area contributed by atoms with Gasteiger partial charge in [0.15, 0.2) is 0 Å². The van der Waals surface area contributed by atoms with E-state index in [1.54, 1.807) is 18.6 Å². The fourth-order valence-electron chi connectivity index (χ4n) is 10.3. The first-order valence-corrected chi connectivity index (χ1v) is 28.8. The van der Waals surface area contributed by atoms with Crippen LogP contribution in [0.4, 0.5) is 0 Å². The fraction of sp³-hybridized carbons (Fsp3) is 0.0385. The zero-order chi connectivity index (χ0) is 59.2. The molecule has 14 aromatic rings. The Bertz CT molecular complexity index is 4420. The van der Waals surface area contributed by atoms with Gasteiger partial charge in [-0.25, -0.2) is 29.9 Å². The van der Waals surface area contributed by atoms with E-state index in [4.69, 9.17) is 4.98 Å². The van der Waals surface area contributed by atoms with Crippen molar-refractivity contribution in [2.75, 3.05) is 0 Å². The van der Waals surface area contributed by atoms with Gasteiger partial charge in [-0.3, -0.25) is 15.0 Å². The highest BCUT2D eigenvalue weighted by Gasteiger charge is 2.12. The van der Waals surface area contributed by atoms with E-state index in [2.05, 4.69) is 252 Å². The molecule has 8 aromatic carbocycles. The number of hydrogen-bond donors (Lipinski definition) is 0. The minimum Gasteiger partial charge on any atom is -0.264 e. The normalized spacial score (nSPS) is 10.7.